The number of hydrogen-bond acceptors (Lipinski definition) is 4. The number of unbranched alkanes of at least 4 members (excludes halogenated alkanes) is 2. The standard InChI is InChI=1S/C15H22N2O2/c1-18-9-5-3-4-8-17-12-14-10-13(11-16)6-7-15(14)19-2/h6-7,10,17H,3-5,8-9,12H2,1-2H3. The molecular weight excluding hydrogens is 240 g/mol. The molecule has 0 aromatic heterocycles. The Bertz CT molecular complexity index is 413. The van der Waals surface area contributed by atoms with E-state index in [0.29, 0.717) is 5.56 Å². The van der Waals surface area contributed by atoms with E-state index >= 15 is 0 Å². The fourth-order valence-corrected chi connectivity index (χ4v) is 1.88. The van der Waals surface area contributed by atoms with Crippen LogP contribution in [0, 0.1) is 11.3 Å². The number of nitrogens with one attached hydrogen (secondary N) is 1. The fourth-order valence-electron chi connectivity index (χ4n) is 1.88. The summed E-state index contributed by atoms with van der Waals surface area (Å²) in [6.45, 7) is 2.52. The van der Waals surface area contributed by atoms with Crippen molar-refractivity contribution in [3.05, 3.63) is 29.3 Å². The number of ether oxygens (including phenoxy) is 2. The molecule has 1 aromatic carbocycles. The van der Waals surface area contributed by atoms with Crippen molar-refractivity contribution in [2.75, 3.05) is 27.4 Å². The zero-order valence-corrected chi connectivity index (χ0v) is 11.7. The van der Waals surface area contributed by atoms with Crippen molar-refractivity contribution in [2.24, 2.45) is 0 Å². The van der Waals surface area contributed by atoms with Gasteiger partial charge in [-0.3, -0.25) is 0 Å². The lowest BCUT2D eigenvalue weighted by atomic mass is 10.1. The van der Waals surface area contributed by atoms with Crippen molar-refractivity contribution in [3.63, 3.8) is 0 Å². The summed E-state index contributed by atoms with van der Waals surface area (Å²) < 4.78 is 10.3. The number of hydrogen-bond donors (Lipinski definition) is 1. The molecule has 19 heavy (non-hydrogen) atoms. The maximum Gasteiger partial charge on any atom is 0.123 e. The zero-order valence-electron chi connectivity index (χ0n) is 11.7. The van der Waals surface area contributed by atoms with E-state index in [2.05, 4.69) is 11.4 Å². The molecule has 0 saturated heterocycles. The fraction of sp³-hybridized carbons (Fsp3) is 0.533. The summed E-state index contributed by atoms with van der Waals surface area (Å²) in [7, 11) is 3.38. The highest BCUT2D eigenvalue weighted by Gasteiger charge is 2.03. The first-order valence-corrected chi connectivity index (χ1v) is 6.58. The van der Waals surface area contributed by atoms with Crippen LogP contribution in [0.1, 0.15) is 30.4 Å². The van der Waals surface area contributed by atoms with Crippen LogP contribution in [0.5, 0.6) is 5.75 Å². The molecule has 104 valence electrons. The van der Waals surface area contributed by atoms with Gasteiger partial charge in [0.2, 0.25) is 0 Å². The summed E-state index contributed by atoms with van der Waals surface area (Å²) >= 11 is 0. The van der Waals surface area contributed by atoms with Gasteiger partial charge in [0.15, 0.2) is 0 Å². The Morgan fingerprint density at radius 2 is 2.05 bits per heavy atom. The smallest absolute Gasteiger partial charge is 0.123 e. The highest BCUT2D eigenvalue weighted by molar-refractivity contribution is 5.41. The lowest BCUT2D eigenvalue weighted by Gasteiger charge is -2.10. The summed E-state index contributed by atoms with van der Waals surface area (Å²) in [5.41, 5.74) is 1.69. The van der Waals surface area contributed by atoms with E-state index in [-0.39, 0.29) is 0 Å². The topological polar surface area (TPSA) is 54.3 Å². The highest BCUT2D eigenvalue weighted by Crippen LogP contribution is 2.19. The van der Waals surface area contributed by atoms with E-state index in [1.54, 1.807) is 20.3 Å². The van der Waals surface area contributed by atoms with Gasteiger partial charge in [-0.25, -0.2) is 0 Å². The van der Waals surface area contributed by atoms with Gasteiger partial charge in [-0.05, 0) is 44.0 Å². The van der Waals surface area contributed by atoms with Gasteiger partial charge in [0, 0.05) is 25.8 Å². The number of methoxy groups -OCH3 is 2. The second-order valence-corrected chi connectivity index (χ2v) is 4.37. The van der Waals surface area contributed by atoms with Crippen LogP contribution in [0.2, 0.25) is 0 Å². The SMILES string of the molecule is COCCCCCNCc1cc(C#N)ccc1OC. The first-order chi connectivity index (χ1) is 9.31. The van der Waals surface area contributed by atoms with E-state index in [1.807, 2.05) is 12.1 Å². The monoisotopic (exact) mass is 262 g/mol. The third-order valence-corrected chi connectivity index (χ3v) is 2.93. The summed E-state index contributed by atoms with van der Waals surface area (Å²) in [6, 6.07) is 7.63. The predicted octanol–water partition coefficient (Wildman–Crippen LogP) is 2.47. The molecule has 1 aromatic rings. The molecule has 0 aliphatic heterocycles. The van der Waals surface area contributed by atoms with Gasteiger partial charge >= 0.3 is 0 Å². The minimum absolute atomic E-state index is 0.665. The molecule has 4 heteroatoms. The molecule has 0 unspecified atom stereocenters. The number of nitrogens with zero attached hydrogens (tertiary/aromatic N) is 1. The molecule has 0 atom stereocenters. The largest absolute Gasteiger partial charge is 0.496 e. The van der Waals surface area contributed by atoms with Crippen molar-refractivity contribution in [1.82, 2.24) is 5.32 Å². The highest BCUT2D eigenvalue weighted by atomic mass is 16.5. The molecule has 0 fully saturated rings. The molecule has 1 N–H and O–H groups in total. The van der Waals surface area contributed by atoms with Crippen molar-refractivity contribution in [1.29, 1.82) is 5.26 Å². The lowest BCUT2D eigenvalue weighted by molar-refractivity contribution is 0.192. The maximum atomic E-state index is 8.89. The first-order valence-electron chi connectivity index (χ1n) is 6.58. The van der Waals surface area contributed by atoms with Gasteiger partial charge in [0.25, 0.3) is 0 Å². The normalized spacial score (nSPS) is 10.2. The van der Waals surface area contributed by atoms with Crippen LogP contribution in [0.4, 0.5) is 0 Å². The van der Waals surface area contributed by atoms with Crippen LogP contribution in [-0.4, -0.2) is 27.4 Å². The van der Waals surface area contributed by atoms with Gasteiger partial charge in [-0.2, -0.15) is 5.26 Å². The Kier molecular flexibility index (Phi) is 7.64. The van der Waals surface area contributed by atoms with Gasteiger partial charge in [-0.1, -0.05) is 0 Å². The first kappa shape index (κ1) is 15.5. The van der Waals surface area contributed by atoms with Crippen molar-refractivity contribution >= 4 is 0 Å². The van der Waals surface area contributed by atoms with Gasteiger partial charge in [0.1, 0.15) is 5.75 Å². The van der Waals surface area contributed by atoms with Crippen LogP contribution < -0.4 is 10.1 Å². The minimum Gasteiger partial charge on any atom is -0.496 e. The van der Waals surface area contributed by atoms with Crippen molar-refractivity contribution in [2.45, 2.75) is 25.8 Å². The molecule has 0 amide bonds. The zero-order chi connectivity index (χ0) is 13.9. The molecular formula is C15H22N2O2. The van der Waals surface area contributed by atoms with Crippen molar-refractivity contribution in [3.8, 4) is 11.8 Å². The van der Waals surface area contributed by atoms with Gasteiger partial charge in [-0.15, -0.1) is 0 Å². The number of rotatable bonds is 9. The Balaban J connectivity index is 2.34. The molecule has 0 aliphatic carbocycles. The summed E-state index contributed by atoms with van der Waals surface area (Å²) in [5.74, 6) is 0.825. The molecule has 0 radical (unpaired) electrons. The van der Waals surface area contributed by atoms with E-state index in [1.165, 1.54) is 0 Å². The molecule has 0 saturated carbocycles. The Morgan fingerprint density at radius 3 is 2.74 bits per heavy atom. The average Bonchev–Trinajstić information content (AvgIpc) is 2.46. The predicted molar refractivity (Wildman–Crippen MR) is 75.1 cm³/mol. The van der Waals surface area contributed by atoms with Crippen LogP contribution in [0.15, 0.2) is 18.2 Å². The summed E-state index contributed by atoms with van der Waals surface area (Å²) in [5, 5.41) is 12.3. The Labute approximate surface area is 115 Å². The van der Waals surface area contributed by atoms with E-state index < -0.39 is 0 Å². The van der Waals surface area contributed by atoms with Crippen LogP contribution >= 0.6 is 0 Å². The lowest BCUT2D eigenvalue weighted by Crippen LogP contribution is -2.15. The second-order valence-electron chi connectivity index (χ2n) is 4.37. The molecule has 0 spiro atoms. The maximum absolute atomic E-state index is 8.89. The summed E-state index contributed by atoms with van der Waals surface area (Å²) in [4.78, 5) is 0. The third-order valence-electron chi connectivity index (χ3n) is 2.93. The number of nitriles is 1. The third kappa shape index (κ3) is 5.73. The van der Waals surface area contributed by atoms with Crippen LogP contribution in [0.3, 0.4) is 0 Å². The Hall–Kier alpha value is -1.57. The quantitative estimate of drug-likeness (QED) is 0.695. The second kappa shape index (κ2) is 9.37. The average molecular weight is 262 g/mol. The summed E-state index contributed by atoms with van der Waals surface area (Å²) in [6.07, 6.45) is 3.39. The Morgan fingerprint density at radius 1 is 1.21 bits per heavy atom. The molecule has 0 bridgehead atoms. The van der Waals surface area contributed by atoms with E-state index in [0.717, 1.165) is 50.3 Å². The number of benzene rings is 1. The van der Waals surface area contributed by atoms with Gasteiger partial charge < -0.3 is 14.8 Å². The van der Waals surface area contributed by atoms with E-state index in [4.69, 9.17) is 14.7 Å². The molecule has 4 nitrogen and oxygen atoms in total. The molecule has 0 heterocycles. The molecule has 1 rings (SSSR count). The van der Waals surface area contributed by atoms with Crippen LogP contribution in [0.25, 0.3) is 0 Å². The van der Waals surface area contributed by atoms with Crippen LogP contribution in [-0.2, 0) is 11.3 Å². The minimum atomic E-state index is 0.665. The molecule has 0 aliphatic rings. The van der Waals surface area contributed by atoms with Gasteiger partial charge in [0.05, 0.1) is 18.7 Å². The van der Waals surface area contributed by atoms with Crippen molar-refractivity contribution < 1.29 is 9.47 Å². The van der Waals surface area contributed by atoms with E-state index in [9.17, 15) is 0 Å².